The van der Waals surface area contributed by atoms with Crippen LogP contribution in [0.2, 0.25) is 0 Å². The third-order valence-corrected chi connectivity index (χ3v) is 5.21. The van der Waals surface area contributed by atoms with Crippen LogP contribution in [0.3, 0.4) is 0 Å². The molecule has 1 nitrogen and oxygen atoms in total. The molecule has 0 bridgehead atoms. The quantitative estimate of drug-likeness (QED) is 0.163. The van der Waals surface area contributed by atoms with Gasteiger partial charge in [-0.15, -0.1) is 0 Å². The van der Waals surface area contributed by atoms with E-state index in [0.717, 1.165) is 18.8 Å². The van der Waals surface area contributed by atoms with Gasteiger partial charge in [-0.3, -0.25) is 0 Å². The third kappa shape index (κ3) is 24.5. The van der Waals surface area contributed by atoms with Gasteiger partial charge in [-0.2, -0.15) is 11.8 Å². The number of allylic oxidation sites excluding steroid dienone is 2. The van der Waals surface area contributed by atoms with E-state index in [0.29, 0.717) is 0 Å². The van der Waals surface area contributed by atoms with Crippen molar-refractivity contribution in [2.45, 2.75) is 92.6 Å². The van der Waals surface area contributed by atoms with E-state index in [1.165, 1.54) is 49.2 Å². The Morgan fingerprint density at radius 3 is 2.20 bits per heavy atom. The molecule has 25 heavy (non-hydrogen) atoms. The van der Waals surface area contributed by atoms with Crippen LogP contribution in [0, 0.1) is 5.92 Å². The van der Waals surface area contributed by atoms with E-state index in [2.05, 4.69) is 61.6 Å². The van der Waals surface area contributed by atoms with E-state index < -0.39 is 0 Å². The first-order valence-electron chi connectivity index (χ1n) is 10.1. The molecular weight excluding hydrogens is 439 g/mol. The first-order valence-corrected chi connectivity index (χ1v) is 13.4. The Morgan fingerprint density at radius 2 is 1.76 bits per heavy atom. The first-order chi connectivity index (χ1) is 12.1. The van der Waals surface area contributed by atoms with Gasteiger partial charge in [0, 0.05) is 5.75 Å². The molecule has 0 radical (unpaired) electrons. The van der Waals surface area contributed by atoms with Gasteiger partial charge in [-0.05, 0) is 62.6 Å². The number of hydrogen-bond donors (Lipinski definition) is 1. The van der Waals surface area contributed by atoms with E-state index in [4.69, 9.17) is 0 Å². The highest BCUT2D eigenvalue weighted by Gasteiger charge is 2.10. The van der Waals surface area contributed by atoms with Gasteiger partial charge in [0.25, 0.3) is 0 Å². The van der Waals surface area contributed by atoms with Crippen molar-refractivity contribution in [1.82, 2.24) is 0 Å². The second-order valence-electron chi connectivity index (χ2n) is 5.96. The summed E-state index contributed by atoms with van der Waals surface area (Å²) in [6, 6.07) is 0. The van der Waals surface area contributed by atoms with Crippen molar-refractivity contribution in [3.8, 4) is 0 Å². The van der Waals surface area contributed by atoms with Crippen LogP contribution in [-0.2, 0) is 0 Å². The molecule has 1 aliphatic rings. The molecule has 0 aromatic heterocycles. The van der Waals surface area contributed by atoms with Crippen LogP contribution in [0.5, 0.6) is 0 Å². The standard InChI is InChI=1S/C11H20O.C8H16S.C2H6.CH3I/c1-2-11(12)9-5-8-10-6-3-4-7-10;1-4-6-9-7-8(3)5-2;2*1-2/h5,8,10-12H,2-4,6-7,9H2,1H3;5H,4,6-7H2,1-3H3;1-2H3;1H3/b8-5+;;;/t11-;;;/m0.../s1. The van der Waals surface area contributed by atoms with E-state index in [9.17, 15) is 5.11 Å². The first kappa shape index (κ1) is 30.3. The third-order valence-electron chi connectivity index (χ3n) is 3.86. The maximum Gasteiger partial charge on any atom is 0.0572 e. The highest BCUT2D eigenvalue weighted by atomic mass is 127. The summed E-state index contributed by atoms with van der Waals surface area (Å²) in [7, 11) is 0. The van der Waals surface area contributed by atoms with Crippen molar-refractivity contribution in [3.05, 3.63) is 23.8 Å². The Morgan fingerprint density at radius 1 is 1.20 bits per heavy atom. The molecule has 0 spiro atoms. The van der Waals surface area contributed by atoms with Crippen molar-refractivity contribution in [2.75, 3.05) is 16.4 Å². The molecule has 152 valence electrons. The van der Waals surface area contributed by atoms with Gasteiger partial charge in [0.2, 0.25) is 0 Å². The minimum atomic E-state index is -0.123. The van der Waals surface area contributed by atoms with Crippen LogP contribution in [0.4, 0.5) is 0 Å². The zero-order chi connectivity index (χ0) is 19.9. The average Bonchev–Trinajstić information content (AvgIpc) is 3.19. The zero-order valence-corrected chi connectivity index (χ0v) is 21.0. The summed E-state index contributed by atoms with van der Waals surface area (Å²) in [6.45, 7) is 12.5. The molecule has 1 atom stereocenters. The van der Waals surface area contributed by atoms with Crippen LogP contribution in [0.15, 0.2) is 23.8 Å². The summed E-state index contributed by atoms with van der Waals surface area (Å²) in [4.78, 5) is 1.97. The lowest BCUT2D eigenvalue weighted by molar-refractivity contribution is 0.173. The normalized spacial score (nSPS) is 15.5. The van der Waals surface area contributed by atoms with Gasteiger partial charge in [0.05, 0.1) is 6.10 Å². The zero-order valence-electron chi connectivity index (χ0n) is 18.0. The van der Waals surface area contributed by atoms with E-state index in [-0.39, 0.29) is 6.10 Å². The summed E-state index contributed by atoms with van der Waals surface area (Å²) < 4.78 is 0. The molecule has 0 aromatic rings. The Bertz CT molecular complexity index is 284. The second-order valence-corrected chi connectivity index (χ2v) is 7.06. The number of aliphatic hydroxyl groups excluding tert-OH is 1. The van der Waals surface area contributed by atoms with Crippen LogP contribution < -0.4 is 0 Å². The molecule has 0 aliphatic heterocycles. The second kappa shape index (κ2) is 26.7. The fourth-order valence-corrected chi connectivity index (χ4v) is 3.13. The molecule has 1 fully saturated rings. The van der Waals surface area contributed by atoms with Gasteiger partial charge in [0.15, 0.2) is 0 Å². The van der Waals surface area contributed by atoms with Gasteiger partial charge in [-0.25, -0.2) is 0 Å². The summed E-state index contributed by atoms with van der Waals surface area (Å²) >= 11 is 4.17. The molecule has 1 aliphatic carbocycles. The molecule has 1 rings (SSSR count). The minimum absolute atomic E-state index is 0.123. The molecule has 1 saturated carbocycles. The van der Waals surface area contributed by atoms with Crippen LogP contribution in [-0.4, -0.2) is 27.6 Å². The maximum atomic E-state index is 9.28. The predicted molar refractivity (Wildman–Crippen MR) is 130 cm³/mol. The number of halogens is 1. The van der Waals surface area contributed by atoms with E-state index >= 15 is 0 Å². The summed E-state index contributed by atoms with van der Waals surface area (Å²) in [5.74, 6) is 3.32. The Balaban J connectivity index is -0.000000332. The molecule has 1 N–H and O–H groups in total. The van der Waals surface area contributed by atoms with Gasteiger partial charge < -0.3 is 5.11 Å². The fraction of sp³-hybridized carbons (Fsp3) is 0.818. The number of aliphatic hydroxyl groups is 1. The van der Waals surface area contributed by atoms with Gasteiger partial charge >= 0.3 is 0 Å². The largest absolute Gasteiger partial charge is 0.393 e. The predicted octanol–water partition coefficient (Wildman–Crippen LogP) is 8.07. The van der Waals surface area contributed by atoms with Crippen LogP contribution in [0.25, 0.3) is 0 Å². The SMILES string of the molecule is CC.CC=C(C)CSCCC.CC[C@H](O)C/C=C/C1CCCC1.CI. The Hall–Kier alpha value is 0.520. The highest BCUT2D eigenvalue weighted by molar-refractivity contribution is 14.1. The van der Waals surface area contributed by atoms with Crippen LogP contribution >= 0.6 is 34.4 Å². The van der Waals surface area contributed by atoms with Gasteiger partial charge in [0.1, 0.15) is 0 Å². The van der Waals surface area contributed by atoms with Crippen molar-refractivity contribution in [2.24, 2.45) is 5.92 Å². The molecule has 0 unspecified atom stereocenters. The monoisotopic (exact) mass is 484 g/mol. The topological polar surface area (TPSA) is 20.2 Å². The van der Waals surface area contributed by atoms with Crippen molar-refractivity contribution >= 4 is 34.4 Å². The van der Waals surface area contributed by atoms with Crippen LogP contribution in [0.1, 0.15) is 86.5 Å². The van der Waals surface area contributed by atoms with Crippen molar-refractivity contribution in [3.63, 3.8) is 0 Å². The molecule has 0 aromatic carbocycles. The number of hydrogen-bond acceptors (Lipinski definition) is 2. The summed E-state index contributed by atoms with van der Waals surface area (Å²) in [6.07, 6.45) is 15.0. The summed E-state index contributed by atoms with van der Waals surface area (Å²) in [5.41, 5.74) is 1.49. The summed E-state index contributed by atoms with van der Waals surface area (Å²) in [5, 5.41) is 9.28. The fourth-order valence-electron chi connectivity index (χ4n) is 2.21. The Kier molecular flexibility index (Phi) is 32.4. The molecule has 0 amide bonds. The van der Waals surface area contributed by atoms with Crippen molar-refractivity contribution < 1.29 is 5.11 Å². The minimum Gasteiger partial charge on any atom is -0.393 e. The smallest absolute Gasteiger partial charge is 0.0572 e. The molecule has 0 heterocycles. The number of rotatable bonds is 8. The molecule has 3 heteroatoms. The maximum absolute atomic E-state index is 9.28. The molecule has 0 saturated heterocycles. The lowest BCUT2D eigenvalue weighted by Gasteiger charge is -2.04. The number of alkyl halides is 1. The Labute approximate surface area is 177 Å². The number of thioether (sulfide) groups is 1. The lowest BCUT2D eigenvalue weighted by atomic mass is 10.1. The van der Waals surface area contributed by atoms with Gasteiger partial charge in [-0.1, -0.05) is 86.9 Å². The van der Waals surface area contributed by atoms with E-state index in [1.54, 1.807) is 0 Å². The lowest BCUT2D eigenvalue weighted by Crippen LogP contribution is -2.01. The van der Waals surface area contributed by atoms with Crippen molar-refractivity contribution in [1.29, 1.82) is 0 Å². The van der Waals surface area contributed by atoms with E-state index in [1.807, 2.05) is 37.5 Å². The molecular formula is C22H45IOS. The average molecular weight is 485 g/mol. The highest BCUT2D eigenvalue weighted by Crippen LogP contribution is 2.25.